The summed E-state index contributed by atoms with van der Waals surface area (Å²) in [6.45, 7) is 5.55. The van der Waals surface area contributed by atoms with Gasteiger partial charge in [-0.2, -0.15) is 13.2 Å². The Morgan fingerprint density at radius 2 is 1.63 bits per heavy atom. The van der Waals surface area contributed by atoms with Crippen LogP contribution in [0.2, 0.25) is 0 Å². The molecular weight excluding hydrogens is 381 g/mol. The lowest BCUT2D eigenvalue weighted by Gasteiger charge is -2.44. The highest BCUT2D eigenvalue weighted by Gasteiger charge is 2.61. The SMILES string of the molecule is CCC1=CC(c2ccccc2)=C(S(=O)(=O)C(F)(F)F)C12OCC(C)(C)CO2. The third-order valence-corrected chi connectivity index (χ3v) is 6.29. The molecule has 0 aromatic heterocycles. The van der Waals surface area contributed by atoms with Gasteiger partial charge in [0, 0.05) is 11.0 Å². The zero-order chi connectivity index (χ0) is 20.1. The molecule has 1 spiro atoms. The summed E-state index contributed by atoms with van der Waals surface area (Å²) in [7, 11) is -5.68. The molecule has 1 heterocycles. The first kappa shape index (κ1) is 20.1. The Hall–Kier alpha value is -1.64. The smallest absolute Gasteiger partial charge is 0.341 e. The number of hydrogen-bond acceptors (Lipinski definition) is 4. The maximum absolute atomic E-state index is 13.5. The Labute approximate surface area is 156 Å². The van der Waals surface area contributed by atoms with Crippen LogP contribution in [0.3, 0.4) is 0 Å². The minimum Gasteiger partial charge on any atom is -0.341 e. The molecule has 1 fully saturated rings. The van der Waals surface area contributed by atoms with Crippen LogP contribution in [-0.4, -0.2) is 32.9 Å². The normalized spacial score (nSPS) is 22.2. The van der Waals surface area contributed by atoms with Crippen molar-refractivity contribution in [2.24, 2.45) is 5.41 Å². The number of sulfone groups is 1. The lowest BCUT2D eigenvalue weighted by Crippen LogP contribution is -2.51. The second-order valence-corrected chi connectivity index (χ2v) is 9.32. The third kappa shape index (κ3) is 3.23. The van der Waals surface area contributed by atoms with E-state index in [0.29, 0.717) is 11.1 Å². The highest BCUT2D eigenvalue weighted by Crippen LogP contribution is 2.52. The first-order valence-electron chi connectivity index (χ1n) is 8.55. The molecule has 1 aliphatic carbocycles. The lowest BCUT2D eigenvalue weighted by atomic mass is 9.93. The Balaban J connectivity index is 2.28. The number of halogens is 3. The second kappa shape index (κ2) is 6.46. The van der Waals surface area contributed by atoms with Crippen LogP contribution in [-0.2, 0) is 19.3 Å². The molecule has 8 heteroatoms. The number of ether oxygens (including phenoxy) is 2. The molecule has 3 rings (SSSR count). The first-order valence-corrected chi connectivity index (χ1v) is 10.0. The van der Waals surface area contributed by atoms with Crippen molar-refractivity contribution in [1.29, 1.82) is 0 Å². The molecule has 0 bridgehead atoms. The topological polar surface area (TPSA) is 52.6 Å². The predicted molar refractivity (Wildman–Crippen MR) is 95.1 cm³/mol. The van der Waals surface area contributed by atoms with Gasteiger partial charge in [0.2, 0.25) is 5.79 Å². The summed E-state index contributed by atoms with van der Waals surface area (Å²) < 4.78 is 77.3. The van der Waals surface area contributed by atoms with E-state index in [1.807, 2.05) is 13.8 Å². The molecule has 4 nitrogen and oxygen atoms in total. The molecule has 27 heavy (non-hydrogen) atoms. The Bertz CT molecular complexity index is 887. The number of alkyl halides is 3. The minimum absolute atomic E-state index is 0.0375. The van der Waals surface area contributed by atoms with E-state index in [-0.39, 0.29) is 25.2 Å². The van der Waals surface area contributed by atoms with Gasteiger partial charge >= 0.3 is 5.51 Å². The van der Waals surface area contributed by atoms with E-state index in [1.54, 1.807) is 37.3 Å². The van der Waals surface area contributed by atoms with Crippen LogP contribution in [0.15, 0.2) is 46.9 Å². The molecule has 0 saturated carbocycles. The molecule has 0 amide bonds. The van der Waals surface area contributed by atoms with E-state index in [4.69, 9.17) is 9.47 Å². The summed E-state index contributed by atoms with van der Waals surface area (Å²) in [5.41, 5.74) is -5.22. The summed E-state index contributed by atoms with van der Waals surface area (Å²) in [5, 5.41) is 0. The molecule has 1 aliphatic heterocycles. The quantitative estimate of drug-likeness (QED) is 0.750. The van der Waals surface area contributed by atoms with E-state index in [1.165, 1.54) is 6.08 Å². The predicted octanol–water partition coefficient (Wildman–Crippen LogP) is 4.45. The monoisotopic (exact) mass is 402 g/mol. The van der Waals surface area contributed by atoms with Gasteiger partial charge in [-0.25, -0.2) is 8.42 Å². The average molecular weight is 402 g/mol. The summed E-state index contributed by atoms with van der Waals surface area (Å²) in [6.07, 6.45) is 1.74. The van der Waals surface area contributed by atoms with Crippen LogP contribution in [0.1, 0.15) is 32.8 Å². The van der Waals surface area contributed by atoms with E-state index >= 15 is 0 Å². The zero-order valence-electron chi connectivity index (χ0n) is 15.3. The van der Waals surface area contributed by atoms with Gasteiger partial charge in [-0.1, -0.05) is 51.1 Å². The molecular formula is C19H21F3O4S. The van der Waals surface area contributed by atoms with E-state index in [9.17, 15) is 21.6 Å². The molecule has 1 saturated heterocycles. The zero-order valence-corrected chi connectivity index (χ0v) is 16.1. The summed E-state index contributed by atoms with van der Waals surface area (Å²) >= 11 is 0. The van der Waals surface area contributed by atoms with E-state index in [2.05, 4.69) is 0 Å². The van der Waals surface area contributed by atoms with Gasteiger partial charge in [-0.3, -0.25) is 0 Å². The summed E-state index contributed by atoms with van der Waals surface area (Å²) in [6, 6.07) is 8.10. The molecule has 2 aliphatic rings. The number of hydrogen-bond donors (Lipinski definition) is 0. The van der Waals surface area contributed by atoms with Crippen molar-refractivity contribution >= 4 is 15.4 Å². The van der Waals surface area contributed by atoms with Crippen LogP contribution < -0.4 is 0 Å². The number of benzene rings is 1. The van der Waals surface area contributed by atoms with Crippen molar-refractivity contribution in [2.45, 2.75) is 38.5 Å². The van der Waals surface area contributed by atoms with Crippen LogP contribution in [0.25, 0.3) is 5.57 Å². The Kier molecular flexibility index (Phi) is 4.81. The molecule has 1 aromatic rings. The van der Waals surface area contributed by atoms with Gasteiger partial charge in [0.25, 0.3) is 9.84 Å². The molecule has 0 atom stereocenters. The van der Waals surface area contributed by atoms with Gasteiger partial charge in [0.1, 0.15) is 4.91 Å². The maximum atomic E-state index is 13.5. The Morgan fingerprint density at radius 1 is 1.07 bits per heavy atom. The minimum atomic E-state index is -5.68. The van der Waals surface area contributed by atoms with E-state index in [0.717, 1.165) is 0 Å². The number of allylic oxidation sites excluding steroid dienone is 2. The molecule has 0 unspecified atom stereocenters. The standard InChI is InChI=1S/C19H21F3O4S/c1-4-14-10-15(13-8-6-5-7-9-13)16(27(23,24)19(20,21)22)18(14)25-11-17(2,3)12-26-18/h5-10H,4,11-12H2,1-3H3. The van der Waals surface area contributed by atoms with Gasteiger partial charge in [-0.15, -0.1) is 0 Å². The van der Waals surface area contributed by atoms with Gasteiger partial charge in [0.15, 0.2) is 0 Å². The summed E-state index contributed by atoms with van der Waals surface area (Å²) in [4.78, 5) is -0.874. The number of rotatable bonds is 3. The van der Waals surface area contributed by atoms with Gasteiger partial charge < -0.3 is 9.47 Å². The third-order valence-electron chi connectivity index (χ3n) is 4.66. The highest BCUT2D eigenvalue weighted by atomic mass is 32.2. The first-order chi connectivity index (χ1) is 12.4. The summed E-state index contributed by atoms with van der Waals surface area (Å²) in [5.74, 6) is -2.04. The van der Waals surface area contributed by atoms with Crippen LogP contribution in [0, 0.1) is 5.41 Å². The van der Waals surface area contributed by atoms with E-state index < -0.39 is 31.5 Å². The van der Waals surface area contributed by atoms with Gasteiger partial charge in [0.05, 0.1) is 13.2 Å². The fraction of sp³-hybridized carbons (Fsp3) is 0.474. The van der Waals surface area contributed by atoms with Crippen molar-refractivity contribution in [2.75, 3.05) is 13.2 Å². The second-order valence-electron chi connectivity index (χ2n) is 7.44. The maximum Gasteiger partial charge on any atom is 0.501 e. The molecule has 1 aromatic carbocycles. The van der Waals surface area contributed by atoms with Crippen molar-refractivity contribution in [3.8, 4) is 0 Å². The van der Waals surface area contributed by atoms with Crippen molar-refractivity contribution in [3.05, 3.63) is 52.4 Å². The fourth-order valence-electron chi connectivity index (χ4n) is 3.26. The van der Waals surface area contributed by atoms with Crippen LogP contribution >= 0.6 is 0 Å². The van der Waals surface area contributed by atoms with Crippen LogP contribution in [0.5, 0.6) is 0 Å². The van der Waals surface area contributed by atoms with Gasteiger partial charge in [-0.05, 0) is 23.6 Å². The van der Waals surface area contributed by atoms with Crippen molar-refractivity contribution in [3.63, 3.8) is 0 Å². The highest BCUT2D eigenvalue weighted by molar-refractivity contribution is 7.96. The molecule has 148 valence electrons. The largest absolute Gasteiger partial charge is 0.501 e. The van der Waals surface area contributed by atoms with Crippen molar-refractivity contribution in [1.82, 2.24) is 0 Å². The average Bonchev–Trinajstić information content (AvgIpc) is 2.92. The molecule has 0 N–H and O–H groups in total. The lowest BCUT2D eigenvalue weighted by molar-refractivity contribution is -0.253. The Morgan fingerprint density at radius 3 is 2.11 bits per heavy atom. The molecule has 0 radical (unpaired) electrons. The van der Waals surface area contributed by atoms with Crippen LogP contribution in [0.4, 0.5) is 13.2 Å². The van der Waals surface area contributed by atoms with Crippen molar-refractivity contribution < 1.29 is 31.1 Å². The fourth-order valence-corrected chi connectivity index (χ4v) is 4.56.